The Balaban J connectivity index is 2.62. The Morgan fingerprint density at radius 2 is 2.06 bits per heavy atom. The minimum atomic E-state index is -0.349. The highest BCUT2D eigenvalue weighted by atomic mass is 35.5. The zero-order chi connectivity index (χ0) is 12.1. The van der Waals surface area contributed by atoms with Crippen LogP contribution in [-0.4, -0.2) is 12.6 Å². The van der Waals surface area contributed by atoms with Gasteiger partial charge in [-0.15, -0.1) is 0 Å². The summed E-state index contributed by atoms with van der Waals surface area (Å²) in [6.45, 7) is 7.41. The molecule has 2 unspecified atom stereocenters. The van der Waals surface area contributed by atoms with E-state index >= 15 is 0 Å². The van der Waals surface area contributed by atoms with Crippen LogP contribution in [0.25, 0.3) is 0 Å². The molecule has 0 aliphatic rings. The molecule has 1 rings (SSSR count). The van der Waals surface area contributed by atoms with Gasteiger partial charge in [0, 0.05) is 6.04 Å². The van der Waals surface area contributed by atoms with E-state index in [9.17, 15) is 4.39 Å². The fourth-order valence-corrected chi connectivity index (χ4v) is 1.94. The van der Waals surface area contributed by atoms with Crippen molar-refractivity contribution in [2.45, 2.75) is 33.2 Å². The van der Waals surface area contributed by atoms with Crippen LogP contribution in [0.15, 0.2) is 18.2 Å². The molecule has 1 aromatic carbocycles. The van der Waals surface area contributed by atoms with Crippen molar-refractivity contribution < 1.29 is 4.39 Å². The van der Waals surface area contributed by atoms with E-state index in [-0.39, 0.29) is 10.8 Å². The monoisotopic (exact) mass is 243 g/mol. The van der Waals surface area contributed by atoms with Gasteiger partial charge in [0.25, 0.3) is 0 Å². The first-order valence-corrected chi connectivity index (χ1v) is 6.09. The van der Waals surface area contributed by atoms with Crippen LogP contribution < -0.4 is 5.32 Å². The van der Waals surface area contributed by atoms with Gasteiger partial charge >= 0.3 is 0 Å². The topological polar surface area (TPSA) is 12.0 Å². The van der Waals surface area contributed by atoms with E-state index in [2.05, 4.69) is 26.1 Å². The van der Waals surface area contributed by atoms with Gasteiger partial charge in [-0.2, -0.15) is 0 Å². The van der Waals surface area contributed by atoms with Gasteiger partial charge in [0.15, 0.2) is 0 Å². The molecule has 0 heterocycles. The molecule has 0 aliphatic heterocycles. The van der Waals surface area contributed by atoms with Gasteiger partial charge in [-0.05, 0) is 43.5 Å². The fraction of sp³-hybridized carbons (Fsp3) is 0.538. The molecule has 0 aliphatic carbocycles. The van der Waals surface area contributed by atoms with Crippen LogP contribution in [0, 0.1) is 11.7 Å². The van der Waals surface area contributed by atoms with Crippen LogP contribution in [0.4, 0.5) is 4.39 Å². The summed E-state index contributed by atoms with van der Waals surface area (Å²) < 4.78 is 13.0. The maximum absolute atomic E-state index is 13.0. The summed E-state index contributed by atoms with van der Waals surface area (Å²) in [5.41, 5.74) is 1.09. The maximum Gasteiger partial charge on any atom is 0.141 e. The van der Waals surface area contributed by atoms with E-state index in [4.69, 9.17) is 11.6 Å². The summed E-state index contributed by atoms with van der Waals surface area (Å²) in [6.07, 6.45) is 0.911. The van der Waals surface area contributed by atoms with Crippen LogP contribution in [0.1, 0.15) is 26.3 Å². The van der Waals surface area contributed by atoms with E-state index in [1.54, 1.807) is 12.1 Å². The first-order valence-electron chi connectivity index (χ1n) is 5.72. The first-order chi connectivity index (χ1) is 7.54. The van der Waals surface area contributed by atoms with Gasteiger partial charge in [-0.1, -0.05) is 31.5 Å². The number of benzene rings is 1. The van der Waals surface area contributed by atoms with E-state index in [1.807, 2.05) is 0 Å². The van der Waals surface area contributed by atoms with Crippen LogP contribution in [0.5, 0.6) is 0 Å². The van der Waals surface area contributed by atoms with Crippen molar-refractivity contribution >= 4 is 11.6 Å². The molecule has 0 spiro atoms. The zero-order valence-corrected chi connectivity index (χ0v) is 10.8. The molecule has 0 fully saturated rings. The molecule has 0 amide bonds. The normalized spacial score (nSPS) is 14.8. The van der Waals surface area contributed by atoms with Gasteiger partial charge in [0.2, 0.25) is 0 Å². The molecule has 0 radical (unpaired) electrons. The lowest BCUT2D eigenvalue weighted by molar-refractivity contribution is 0.406. The summed E-state index contributed by atoms with van der Waals surface area (Å²) in [4.78, 5) is 0. The Morgan fingerprint density at radius 1 is 1.38 bits per heavy atom. The highest BCUT2D eigenvalue weighted by Gasteiger charge is 2.12. The number of halogens is 2. The molecule has 1 aromatic rings. The summed E-state index contributed by atoms with van der Waals surface area (Å²) in [5.74, 6) is 0.152. The minimum absolute atomic E-state index is 0.209. The molecule has 1 N–H and O–H groups in total. The molecule has 1 nitrogen and oxygen atoms in total. The van der Waals surface area contributed by atoms with E-state index in [1.165, 1.54) is 6.07 Å². The Kier molecular flexibility index (Phi) is 5.23. The predicted octanol–water partition coefficient (Wildman–Crippen LogP) is 3.66. The highest BCUT2D eigenvalue weighted by Crippen LogP contribution is 2.19. The highest BCUT2D eigenvalue weighted by molar-refractivity contribution is 6.30. The molecule has 0 aromatic heterocycles. The molecule has 2 atom stereocenters. The van der Waals surface area contributed by atoms with Crippen molar-refractivity contribution in [3.05, 3.63) is 34.6 Å². The second-order valence-electron chi connectivity index (χ2n) is 4.28. The van der Waals surface area contributed by atoms with Crippen molar-refractivity contribution in [2.75, 3.05) is 6.54 Å². The number of hydrogen-bond donors (Lipinski definition) is 1. The second-order valence-corrected chi connectivity index (χ2v) is 4.68. The summed E-state index contributed by atoms with van der Waals surface area (Å²) in [7, 11) is 0. The van der Waals surface area contributed by atoms with E-state index in [0.29, 0.717) is 12.0 Å². The molecule has 0 saturated carbocycles. The Morgan fingerprint density at radius 3 is 2.62 bits per heavy atom. The minimum Gasteiger partial charge on any atom is -0.314 e. The van der Waals surface area contributed by atoms with Gasteiger partial charge < -0.3 is 5.32 Å². The Labute approximate surface area is 102 Å². The van der Waals surface area contributed by atoms with Gasteiger partial charge in [-0.3, -0.25) is 0 Å². The third-order valence-corrected chi connectivity index (χ3v) is 3.21. The lowest BCUT2D eigenvalue weighted by Crippen LogP contribution is -2.32. The number of hydrogen-bond acceptors (Lipinski definition) is 1. The Bertz CT molecular complexity index is 341. The molecule has 3 heteroatoms. The quantitative estimate of drug-likeness (QED) is 0.832. The molecule has 0 bridgehead atoms. The average molecular weight is 244 g/mol. The molecular formula is C13H19ClFN. The molecular weight excluding hydrogens is 225 g/mol. The maximum atomic E-state index is 13.0. The average Bonchev–Trinajstić information content (AvgIpc) is 2.24. The largest absolute Gasteiger partial charge is 0.314 e. The summed E-state index contributed by atoms with van der Waals surface area (Å²) in [6, 6.07) is 5.40. The van der Waals surface area contributed by atoms with Crippen molar-refractivity contribution in [1.29, 1.82) is 0 Å². The second kappa shape index (κ2) is 6.21. The molecule has 16 heavy (non-hydrogen) atoms. The first kappa shape index (κ1) is 13.5. The van der Waals surface area contributed by atoms with Gasteiger partial charge in [-0.25, -0.2) is 4.39 Å². The Hall–Kier alpha value is -0.600. The number of nitrogens with one attached hydrogen (secondary N) is 1. The standard InChI is InChI=1S/C13H19ClFN/c1-4-16-10(3)9(2)7-11-5-6-13(15)12(14)8-11/h5-6,8-10,16H,4,7H2,1-3H3. The van der Waals surface area contributed by atoms with Crippen molar-refractivity contribution in [2.24, 2.45) is 5.92 Å². The van der Waals surface area contributed by atoms with E-state index in [0.717, 1.165) is 18.5 Å². The smallest absolute Gasteiger partial charge is 0.141 e. The van der Waals surface area contributed by atoms with Crippen LogP contribution >= 0.6 is 11.6 Å². The van der Waals surface area contributed by atoms with Crippen molar-refractivity contribution in [3.63, 3.8) is 0 Å². The lowest BCUT2D eigenvalue weighted by Gasteiger charge is -2.20. The van der Waals surface area contributed by atoms with Crippen LogP contribution in [-0.2, 0) is 6.42 Å². The predicted molar refractivity (Wildman–Crippen MR) is 67.4 cm³/mol. The van der Waals surface area contributed by atoms with E-state index < -0.39 is 0 Å². The molecule has 90 valence electrons. The van der Waals surface area contributed by atoms with Gasteiger partial charge in [0.05, 0.1) is 5.02 Å². The summed E-state index contributed by atoms with van der Waals surface area (Å²) in [5, 5.41) is 3.59. The molecule has 0 saturated heterocycles. The van der Waals surface area contributed by atoms with Crippen LogP contribution in [0.2, 0.25) is 5.02 Å². The fourth-order valence-electron chi connectivity index (χ4n) is 1.74. The van der Waals surface area contributed by atoms with Crippen molar-refractivity contribution in [1.82, 2.24) is 5.32 Å². The third kappa shape index (κ3) is 3.76. The zero-order valence-electron chi connectivity index (χ0n) is 10.1. The van der Waals surface area contributed by atoms with Crippen LogP contribution in [0.3, 0.4) is 0 Å². The number of rotatable bonds is 5. The summed E-state index contributed by atoms with van der Waals surface area (Å²) >= 11 is 5.75. The third-order valence-electron chi connectivity index (χ3n) is 2.92. The lowest BCUT2D eigenvalue weighted by atomic mass is 9.95. The van der Waals surface area contributed by atoms with Gasteiger partial charge in [0.1, 0.15) is 5.82 Å². The van der Waals surface area contributed by atoms with Crippen molar-refractivity contribution in [3.8, 4) is 0 Å². The SMILES string of the molecule is CCNC(C)C(C)Cc1ccc(F)c(Cl)c1.